The maximum Gasteiger partial charge on any atom is -0.0167 e. The molecule has 0 aliphatic heterocycles. The van der Waals surface area contributed by atoms with E-state index in [1.165, 1.54) is 0 Å². The summed E-state index contributed by atoms with van der Waals surface area (Å²) in [6.07, 6.45) is 0. The molecular formula is C2H17N7. The summed E-state index contributed by atoms with van der Waals surface area (Å²) < 4.78 is 0. The van der Waals surface area contributed by atoms with Crippen LogP contribution in [0.25, 0.3) is 0 Å². The topological polar surface area (TPSA) is 140 Å². The molecular weight excluding hydrogens is 122 g/mol. The molecule has 0 unspecified atom stereocenters. The second-order valence-electron chi connectivity index (χ2n) is 0.789. The van der Waals surface area contributed by atoms with E-state index in [1.807, 2.05) is 25.2 Å². The van der Waals surface area contributed by atoms with Gasteiger partial charge in [-0.25, -0.2) is 0 Å². The van der Waals surface area contributed by atoms with Crippen molar-refractivity contribution in [2.75, 3.05) is 14.1 Å². The van der Waals surface area contributed by atoms with Crippen molar-refractivity contribution < 1.29 is 0 Å². The Balaban J connectivity index is -0.0000000646. The highest BCUT2D eigenvalue weighted by atomic mass is 15.6. The van der Waals surface area contributed by atoms with E-state index in [9.17, 15) is 0 Å². The van der Waals surface area contributed by atoms with Crippen molar-refractivity contribution in [3.05, 3.63) is 0 Å². The van der Waals surface area contributed by atoms with Crippen molar-refractivity contribution in [3.8, 4) is 0 Å². The van der Waals surface area contributed by atoms with Gasteiger partial charge in [0.25, 0.3) is 0 Å². The number of nitrogens with two attached hydrogens (primary N) is 4. The van der Waals surface area contributed by atoms with Gasteiger partial charge in [0, 0.05) is 0 Å². The fourth-order valence-corrected chi connectivity index (χ4v) is 0. The van der Waals surface area contributed by atoms with Crippen LogP contribution >= 0.6 is 0 Å². The fourth-order valence-electron chi connectivity index (χ4n) is 0. The highest BCUT2D eigenvalue weighted by molar-refractivity contribution is 3.91. The molecule has 0 saturated heterocycles. The van der Waals surface area contributed by atoms with Crippen molar-refractivity contribution in [1.82, 2.24) is 16.4 Å². The molecule has 0 aromatic rings. The Hall–Kier alpha value is -0.280. The molecule has 0 heterocycles. The van der Waals surface area contributed by atoms with Gasteiger partial charge in [-0.3, -0.25) is 23.4 Å². The molecule has 0 rings (SSSR count). The lowest BCUT2D eigenvalue weighted by molar-refractivity contribution is 0.579. The van der Waals surface area contributed by atoms with Gasteiger partial charge in [-0.1, -0.05) is 0 Å². The van der Waals surface area contributed by atoms with Crippen molar-refractivity contribution in [2.45, 2.75) is 0 Å². The zero-order valence-electron chi connectivity index (χ0n) is 5.81. The van der Waals surface area contributed by atoms with Crippen molar-refractivity contribution in [2.24, 2.45) is 23.4 Å². The average Bonchev–Trinajstić information content (AvgIpc) is 1.94. The second kappa shape index (κ2) is 47.1. The lowest BCUT2D eigenvalue weighted by Crippen LogP contribution is -2.42. The van der Waals surface area contributed by atoms with Crippen molar-refractivity contribution in [1.29, 1.82) is 0 Å². The SMILES string of the molecule is CNC.NN.NNNN. The van der Waals surface area contributed by atoms with Crippen LogP contribution in [0.1, 0.15) is 0 Å². The zero-order chi connectivity index (χ0) is 8.12. The van der Waals surface area contributed by atoms with Crippen LogP contribution in [0.5, 0.6) is 0 Å². The quantitative estimate of drug-likeness (QED) is 0.147. The lowest BCUT2D eigenvalue weighted by Gasteiger charge is -1.82. The predicted molar refractivity (Wildman–Crippen MR) is 38.0 cm³/mol. The summed E-state index contributed by atoms with van der Waals surface area (Å²) in [7, 11) is 3.75. The van der Waals surface area contributed by atoms with Crippen LogP contribution in [0.2, 0.25) is 0 Å². The van der Waals surface area contributed by atoms with Crippen LogP contribution in [-0.4, -0.2) is 14.1 Å². The first-order valence-electron chi connectivity index (χ1n) is 2.16. The van der Waals surface area contributed by atoms with Gasteiger partial charge in [0.15, 0.2) is 0 Å². The van der Waals surface area contributed by atoms with Gasteiger partial charge < -0.3 is 5.32 Å². The highest BCUT2D eigenvalue weighted by Gasteiger charge is 1.42. The van der Waals surface area contributed by atoms with E-state index in [2.05, 4.69) is 28.7 Å². The number of hydrogen-bond acceptors (Lipinski definition) is 7. The maximum atomic E-state index is 4.54. The minimum atomic E-state index is 1.88. The Morgan fingerprint density at radius 1 is 0.889 bits per heavy atom. The van der Waals surface area contributed by atoms with Gasteiger partial charge in [-0.05, 0) is 14.1 Å². The first-order valence-corrected chi connectivity index (χ1v) is 2.16. The van der Waals surface area contributed by atoms with Gasteiger partial charge in [0.05, 0.1) is 0 Å². The largest absolute Gasteiger partial charge is 0.323 e. The molecule has 60 valence electrons. The lowest BCUT2D eigenvalue weighted by atomic mass is 11.3. The van der Waals surface area contributed by atoms with Crippen LogP contribution in [0.15, 0.2) is 0 Å². The monoisotopic (exact) mass is 139 g/mol. The third-order valence-electron chi connectivity index (χ3n) is 0.0833. The maximum absolute atomic E-state index is 4.54. The van der Waals surface area contributed by atoms with E-state index >= 15 is 0 Å². The molecule has 11 N–H and O–H groups in total. The molecule has 0 radical (unpaired) electrons. The molecule has 0 saturated carbocycles. The standard InChI is InChI=1S/C2H7N.H6N4.H4N2/c1-3-2;1-3-4-2;1-2/h3H,1-2H3;3-4H,1-2H2;1-2H2. The van der Waals surface area contributed by atoms with Crippen LogP contribution in [0.3, 0.4) is 0 Å². The number of hydrogen-bond donors (Lipinski definition) is 7. The Kier molecular flexibility index (Phi) is 83.2. The number of hydrazine groups is 4. The summed E-state index contributed by atoms with van der Waals surface area (Å²) >= 11 is 0. The van der Waals surface area contributed by atoms with E-state index in [-0.39, 0.29) is 0 Å². The normalized spacial score (nSPS) is 6.00. The van der Waals surface area contributed by atoms with Crippen LogP contribution in [0.4, 0.5) is 0 Å². The first kappa shape index (κ1) is 15.9. The summed E-state index contributed by atoms with van der Waals surface area (Å²) in [6, 6.07) is 0. The third-order valence-corrected chi connectivity index (χ3v) is 0.0833. The molecule has 0 bridgehead atoms. The van der Waals surface area contributed by atoms with Gasteiger partial charge in [0.1, 0.15) is 0 Å². The van der Waals surface area contributed by atoms with Gasteiger partial charge in [-0.15, -0.1) is 0 Å². The Morgan fingerprint density at radius 2 is 1.00 bits per heavy atom. The Morgan fingerprint density at radius 3 is 1.00 bits per heavy atom. The van der Waals surface area contributed by atoms with E-state index in [4.69, 9.17) is 0 Å². The molecule has 7 nitrogen and oxygen atoms in total. The Labute approximate surface area is 55.0 Å². The number of rotatable bonds is 1. The molecule has 9 heavy (non-hydrogen) atoms. The summed E-state index contributed by atoms with van der Waals surface area (Å²) in [5.41, 5.74) is 3.92. The minimum absolute atomic E-state index is 1.88. The molecule has 0 aromatic carbocycles. The van der Waals surface area contributed by atoms with Gasteiger partial charge in [-0.2, -0.15) is 11.1 Å². The van der Waals surface area contributed by atoms with E-state index in [0.717, 1.165) is 0 Å². The average molecular weight is 139 g/mol. The minimum Gasteiger partial charge on any atom is -0.323 e. The van der Waals surface area contributed by atoms with Gasteiger partial charge in [0.2, 0.25) is 0 Å². The summed E-state index contributed by atoms with van der Waals surface area (Å²) in [4.78, 5) is 0. The first-order chi connectivity index (χ1) is 4.33. The highest BCUT2D eigenvalue weighted by Crippen LogP contribution is 0.981. The molecule has 0 aliphatic rings. The van der Waals surface area contributed by atoms with E-state index < -0.39 is 0 Å². The zero-order valence-corrected chi connectivity index (χ0v) is 5.81. The molecule has 0 amide bonds. The third kappa shape index (κ3) is 487. The van der Waals surface area contributed by atoms with Crippen LogP contribution in [0, 0.1) is 0 Å². The molecule has 0 aromatic heterocycles. The smallest absolute Gasteiger partial charge is 0.0167 e. The Bertz CT molecular complexity index is 14.4. The summed E-state index contributed by atoms with van der Waals surface area (Å²) in [6.45, 7) is 0. The predicted octanol–water partition coefficient (Wildman–Crippen LogP) is -3.52. The fraction of sp³-hybridized carbons (Fsp3) is 1.00. The van der Waals surface area contributed by atoms with Crippen LogP contribution < -0.4 is 39.8 Å². The molecule has 7 heteroatoms. The van der Waals surface area contributed by atoms with Crippen molar-refractivity contribution >= 4 is 0 Å². The molecule has 0 atom stereocenters. The van der Waals surface area contributed by atoms with Gasteiger partial charge >= 0.3 is 0 Å². The van der Waals surface area contributed by atoms with Crippen molar-refractivity contribution in [3.63, 3.8) is 0 Å². The molecule has 0 aliphatic carbocycles. The summed E-state index contributed by atoms with van der Waals surface area (Å²) in [5.74, 6) is 17.1. The number of nitrogens with one attached hydrogen (secondary N) is 3. The molecule has 0 fully saturated rings. The van der Waals surface area contributed by atoms with E-state index in [1.54, 1.807) is 0 Å². The second-order valence-corrected chi connectivity index (χ2v) is 0.789. The van der Waals surface area contributed by atoms with Crippen LogP contribution in [-0.2, 0) is 0 Å². The van der Waals surface area contributed by atoms with E-state index in [0.29, 0.717) is 0 Å². The molecule has 0 spiro atoms. The summed E-state index contributed by atoms with van der Waals surface area (Å²) in [5, 5.41) is 2.75.